The summed E-state index contributed by atoms with van der Waals surface area (Å²) in [4.78, 5) is 13.3. The van der Waals surface area contributed by atoms with Gasteiger partial charge in [-0.05, 0) is 19.3 Å². The fourth-order valence-corrected chi connectivity index (χ4v) is 2.47. The highest BCUT2D eigenvalue weighted by molar-refractivity contribution is 5.78. The summed E-state index contributed by atoms with van der Waals surface area (Å²) in [6.45, 7) is 1.16. The Labute approximate surface area is 72.4 Å². The van der Waals surface area contributed by atoms with Gasteiger partial charge in [-0.2, -0.15) is 0 Å². The third-order valence-electron chi connectivity index (χ3n) is 3.13. The summed E-state index contributed by atoms with van der Waals surface area (Å²) in [5.41, 5.74) is 0. The molecule has 0 spiro atoms. The molecule has 0 radical (unpaired) electrons. The predicted molar refractivity (Wildman–Crippen MR) is 44.5 cm³/mol. The minimum Gasteiger partial charge on any atom is -0.396 e. The van der Waals surface area contributed by atoms with E-state index in [1.807, 2.05) is 4.90 Å². The lowest BCUT2D eigenvalue weighted by atomic mass is 9.90. The summed E-state index contributed by atoms with van der Waals surface area (Å²) in [5.74, 6) is 0.642. The highest BCUT2D eigenvalue weighted by Crippen LogP contribution is 2.31. The molecular weight excluding hydrogens is 154 g/mol. The fraction of sp³-hybridized carbons (Fsp3) is 0.889. The molecule has 1 amide bonds. The number of aliphatic hydroxyl groups excluding tert-OH is 1. The fourth-order valence-electron chi connectivity index (χ4n) is 2.47. The van der Waals surface area contributed by atoms with E-state index in [-0.39, 0.29) is 12.5 Å². The second kappa shape index (κ2) is 3.05. The van der Waals surface area contributed by atoms with Crippen molar-refractivity contribution in [3.63, 3.8) is 0 Å². The topological polar surface area (TPSA) is 40.5 Å². The second-order valence-electron chi connectivity index (χ2n) is 3.78. The first-order valence-corrected chi connectivity index (χ1v) is 4.73. The molecule has 0 unspecified atom stereocenters. The first kappa shape index (κ1) is 8.05. The molecule has 0 aromatic carbocycles. The van der Waals surface area contributed by atoms with Gasteiger partial charge in [0, 0.05) is 31.5 Å². The van der Waals surface area contributed by atoms with Crippen LogP contribution in [0.4, 0.5) is 0 Å². The van der Waals surface area contributed by atoms with Gasteiger partial charge in [0.15, 0.2) is 0 Å². The molecule has 68 valence electrons. The van der Waals surface area contributed by atoms with Gasteiger partial charge in [-0.3, -0.25) is 4.79 Å². The van der Waals surface area contributed by atoms with Gasteiger partial charge in [-0.1, -0.05) is 0 Å². The lowest BCUT2D eigenvalue weighted by Gasteiger charge is -2.35. The summed E-state index contributed by atoms with van der Waals surface area (Å²) in [5, 5.41) is 9.09. The lowest BCUT2D eigenvalue weighted by Crippen LogP contribution is -2.43. The number of hydrogen-bond donors (Lipinski definition) is 1. The minimum atomic E-state index is 0.244. The van der Waals surface area contributed by atoms with Gasteiger partial charge in [0.2, 0.25) is 5.91 Å². The molecule has 12 heavy (non-hydrogen) atoms. The van der Waals surface area contributed by atoms with Crippen molar-refractivity contribution in [3.8, 4) is 0 Å². The Balaban J connectivity index is 2.09. The van der Waals surface area contributed by atoms with Gasteiger partial charge >= 0.3 is 0 Å². The van der Waals surface area contributed by atoms with E-state index in [0.717, 1.165) is 25.8 Å². The van der Waals surface area contributed by atoms with Gasteiger partial charge in [0.25, 0.3) is 0 Å². The average molecular weight is 169 g/mol. The van der Waals surface area contributed by atoms with Crippen LogP contribution in [0, 0.1) is 5.92 Å². The number of piperidine rings is 1. The largest absolute Gasteiger partial charge is 0.396 e. The van der Waals surface area contributed by atoms with Gasteiger partial charge in [0.1, 0.15) is 0 Å². The molecule has 2 aliphatic heterocycles. The molecule has 2 aliphatic rings. The number of rotatable bonds is 1. The Bertz CT molecular complexity index is 193. The first-order chi connectivity index (χ1) is 5.83. The molecule has 0 aliphatic carbocycles. The van der Waals surface area contributed by atoms with Crippen molar-refractivity contribution in [2.24, 2.45) is 5.92 Å². The number of carbonyl (C=O) groups is 1. The van der Waals surface area contributed by atoms with Crippen LogP contribution in [-0.2, 0) is 4.79 Å². The maximum absolute atomic E-state index is 11.3. The molecule has 0 saturated carbocycles. The van der Waals surface area contributed by atoms with Crippen molar-refractivity contribution in [1.29, 1.82) is 0 Å². The highest BCUT2D eigenvalue weighted by atomic mass is 16.3. The molecule has 3 nitrogen and oxygen atoms in total. The zero-order chi connectivity index (χ0) is 8.55. The van der Waals surface area contributed by atoms with E-state index in [9.17, 15) is 4.79 Å². The minimum absolute atomic E-state index is 0.244. The van der Waals surface area contributed by atoms with Gasteiger partial charge in [-0.15, -0.1) is 0 Å². The third-order valence-corrected chi connectivity index (χ3v) is 3.13. The predicted octanol–water partition coefficient (Wildman–Crippen LogP) is 0.380. The van der Waals surface area contributed by atoms with Crippen molar-refractivity contribution < 1.29 is 9.90 Å². The quantitative estimate of drug-likeness (QED) is 0.616. The first-order valence-electron chi connectivity index (χ1n) is 4.73. The Morgan fingerprint density at radius 2 is 2.33 bits per heavy atom. The van der Waals surface area contributed by atoms with Crippen molar-refractivity contribution in [2.45, 2.75) is 31.7 Å². The molecule has 2 heterocycles. The molecule has 0 bridgehead atoms. The van der Waals surface area contributed by atoms with E-state index in [1.54, 1.807) is 0 Å². The lowest BCUT2D eigenvalue weighted by molar-refractivity contribution is -0.131. The number of fused-ring (bicyclic) bond motifs is 1. The van der Waals surface area contributed by atoms with Crippen LogP contribution in [0.5, 0.6) is 0 Å². The molecule has 2 atom stereocenters. The number of hydrogen-bond acceptors (Lipinski definition) is 2. The summed E-state index contributed by atoms with van der Waals surface area (Å²) >= 11 is 0. The smallest absolute Gasteiger partial charge is 0.222 e. The van der Waals surface area contributed by atoms with E-state index in [0.29, 0.717) is 18.4 Å². The molecule has 1 N–H and O–H groups in total. The Kier molecular flexibility index (Phi) is 2.05. The van der Waals surface area contributed by atoms with Crippen molar-refractivity contribution in [3.05, 3.63) is 0 Å². The molecule has 2 fully saturated rings. The van der Waals surface area contributed by atoms with Crippen LogP contribution in [0.25, 0.3) is 0 Å². The summed E-state index contributed by atoms with van der Waals surface area (Å²) < 4.78 is 0. The van der Waals surface area contributed by atoms with Gasteiger partial charge in [-0.25, -0.2) is 0 Å². The van der Waals surface area contributed by atoms with Crippen LogP contribution in [-0.4, -0.2) is 35.1 Å². The molecule has 2 saturated heterocycles. The number of nitrogens with zero attached hydrogens (tertiary/aromatic N) is 1. The number of aliphatic hydroxyl groups is 1. The number of carbonyl (C=O) groups excluding carboxylic acids is 1. The van der Waals surface area contributed by atoms with Crippen LogP contribution in [0.1, 0.15) is 25.7 Å². The van der Waals surface area contributed by atoms with E-state index in [4.69, 9.17) is 5.11 Å². The maximum atomic E-state index is 11.3. The van der Waals surface area contributed by atoms with Crippen LogP contribution in [0.2, 0.25) is 0 Å². The summed E-state index contributed by atoms with van der Waals surface area (Å²) in [6.07, 6.45) is 3.81. The monoisotopic (exact) mass is 169 g/mol. The zero-order valence-corrected chi connectivity index (χ0v) is 7.20. The highest BCUT2D eigenvalue weighted by Gasteiger charge is 2.38. The molecule has 0 aromatic heterocycles. The Morgan fingerprint density at radius 3 is 3.08 bits per heavy atom. The second-order valence-corrected chi connectivity index (χ2v) is 3.78. The number of amides is 1. The SMILES string of the molecule is O=C1CC[C@@H]2[C@@H](CO)CCCN12. The van der Waals surface area contributed by atoms with Crippen LogP contribution in [0.15, 0.2) is 0 Å². The van der Waals surface area contributed by atoms with E-state index in [1.165, 1.54) is 0 Å². The average Bonchev–Trinajstić information content (AvgIpc) is 2.48. The van der Waals surface area contributed by atoms with Gasteiger partial charge in [0.05, 0.1) is 0 Å². The normalized spacial score (nSPS) is 35.4. The van der Waals surface area contributed by atoms with Crippen molar-refractivity contribution >= 4 is 5.91 Å². The Morgan fingerprint density at radius 1 is 1.50 bits per heavy atom. The van der Waals surface area contributed by atoms with Crippen LogP contribution < -0.4 is 0 Å². The summed E-state index contributed by atoms with van der Waals surface area (Å²) in [6, 6.07) is 0.358. The maximum Gasteiger partial charge on any atom is 0.222 e. The molecular formula is C9H15NO2. The zero-order valence-electron chi connectivity index (χ0n) is 7.20. The van der Waals surface area contributed by atoms with Crippen LogP contribution >= 0.6 is 0 Å². The van der Waals surface area contributed by atoms with E-state index >= 15 is 0 Å². The molecule has 2 rings (SSSR count). The van der Waals surface area contributed by atoms with Crippen molar-refractivity contribution in [2.75, 3.05) is 13.2 Å². The standard InChI is InChI=1S/C9H15NO2/c11-6-7-2-1-5-10-8(7)3-4-9(10)12/h7-8,11H,1-6H2/t7-,8-/m1/s1. The van der Waals surface area contributed by atoms with Crippen LogP contribution in [0.3, 0.4) is 0 Å². The molecule has 3 heteroatoms. The third kappa shape index (κ3) is 1.12. The Hall–Kier alpha value is -0.570. The molecule has 0 aromatic rings. The van der Waals surface area contributed by atoms with E-state index in [2.05, 4.69) is 0 Å². The van der Waals surface area contributed by atoms with Gasteiger partial charge < -0.3 is 10.0 Å². The van der Waals surface area contributed by atoms with E-state index < -0.39 is 0 Å². The van der Waals surface area contributed by atoms with Crippen molar-refractivity contribution in [1.82, 2.24) is 4.90 Å². The summed E-state index contributed by atoms with van der Waals surface area (Å²) in [7, 11) is 0.